The molecule has 0 fully saturated rings. The highest BCUT2D eigenvalue weighted by Crippen LogP contribution is 2.22. The molecule has 0 unspecified atom stereocenters. The van der Waals surface area contributed by atoms with E-state index in [-0.39, 0.29) is 23.2 Å². The lowest BCUT2D eigenvalue weighted by molar-refractivity contribution is 0.0988. The lowest BCUT2D eigenvalue weighted by atomic mass is 10.1. The van der Waals surface area contributed by atoms with E-state index in [0.29, 0.717) is 0 Å². The molecule has 14 heavy (non-hydrogen) atoms. The first-order chi connectivity index (χ1) is 6.61. The van der Waals surface area contributed by atoms with Gasteiger partial charge in [-0.05, 0) is 12.1 Å². The first kappa shape index (κ1) is 10.2. The standard InChI is InChI=1S/C9H8FNO3/c1-14-7-3-2-6(10)5(4-12)8(7)9(11)13/h2-4H,1H3,(H2,11,13). The van der Waals surface area contributed by atoms with Gasteiger partial charge in [0.25, 0.3) is 5.91 Å². The second-order valence-electron chi connectivity index (χ2n) is 2.52. The predicted molar refractivity (Wildman–Crippen MR) is 46.9 cm³/mol. The van der Waals surface area contributed by atoms with E-state index in [0.717, 1.165) is 6.07 Å². The van der Waals surface area contributed by atoms with Gasteiger partial charge in [0.15, 0.2) is 6.29 Å². The zero-order valence-corrected chi connectivity index (χ0v) is 7.41. The Kier molecular flexibility index (Phi) is 2.81. The zero-order chi connectivity index (χ0) is 10.7. The van der Waals surface area contributed by atoms with E-state index >= 15 is 0 Å². The first-order valence-electron chi connectivity index (χ1n) is 3.73. The fourth-order valence-corrected chi connectivity index (χ4v) is 1.11. The van der Waals surface area contributed by atoms with Crippen molar-refractivity contribution in [2.45, 2.75) is 0 Å². The monoisotopic (exact) mass is 197 g/mol. The number of methoxy groups -OCH3 is 1. The van der Waals surface area contributed by atoms with Crippen LogP contribution >= 0.6 is 0 Å². The van der Waals surface area contributed by atoms with Gasteiger partial charge in [0, 0.05) is 0 Å². The van der Waals surface area contributed by atoms with Crippen molar-refractivity contribution in [2.24, 2.45) is 5.73 Å². The molecule has 0 spiro atoms. The maximum absolute atomic E-state index is 13.0. The molecule has 5 heteroatoms. The van der Waals surface area contributed by atoms with Gasteiger partial charge in [0.1, 0.15) is 11.6 Å². The Balaban J connectivity index is 3.51. The van der Waals surface area contributed by atoms with Crippen molar-refractivity contribution in [1.82, 2.24) is 0 Å². The second-order valence-corrected chi connectivity index (χ2v) is 2.52. The van der Waals surface area contributed by atoms with Crippen LogP contribution in [-0.4, -0.2) is 19.3 Å². The number of benzene rings is 1. The molecule has 1 aromatic rings. The highest BCUT2D eigenvalue weighted by molar-refractivity contribution is 6.03. The fraction of sp³-hybridized carbons (Fsp3) is 0.111. The Hall–Kier alpha value is -1.91. The molecule has 0 aliphatic heterocycles. The number of amides is 1. The maximum Gasteiger partial charge on any atom is 0.253 e. The normalized spacial score (nSPS) is 9.57. The molecule has 0 heterocycles. The summed E-state index contributed by atoms with van der Waals surface area (Å²) in [5, 5.41) is 0. The lowest BCUT2D eigenvalue weighted by Crippen LogP contribution is -2.16. The molecular formula is C9H8FNO3. The van der Waals surface area contributed by atoms with Gasteiger partial charge in [-0.1, -0.05) is 0 Å². The number of hydrogen-bond acceptors (Lipinski definition) is 3. The molecule has 1 rings (SSSR count). The molecule has 0 saturated carbocycles. The highest BCUT2D eigenvalue weighted by Gasteiger charge is 2.17. The van der Waals surface area contributed by atoms with Crippen LogP contribution in [0.5, 0.6) is 5.75 Å². The third kappa shape index (κ3) is 1.56. The van der Waals surface area contributed by atoms with Crippen LogP contribution in [-0.2, 0) is 0 Å². The van der Waals surface area contributed by atoms with Gasteiger partial charge in [0.05, 0.1) is 18.2 Å². The first-order valence-corrected chi connectivity index (χ1v) is 3.73. The number of halogens is 1. The molecule has 4 nitrogen and oxygen atoms in total. The average Bonchev–Trinajstić information content (AvgIpc) is 2.17. The molecule has 0 aliphatic rings. The van der Waals surface area contributed by atoms with Crippen LogP contribution in [0.4, 0.5) is 4.39 Å². The summed E-state index contributed by atoms with van der Waals surface area (Å²) in [5.41, 5.74) is 4.38. The van der Waals surface area contributed by atoms with Crippen molar-refractivity contribution < 1.29 is 18.7 Å². The number of primary amides is 1. The quantitative estimate of drug-likeness (QED) is 0.726. The average molecular weight is 197 g/mol. The van der Waals surface area contributed by atoms with Crippen molar-refractivity contribution in [1.29, 1.82) is 0 Å². The van der Waals surface area contributed by atoms with Gasteiger partial charge in [-0.3, -0.25) is 9.59 Å². The topological polar surface area (TPSA) is 69.4 Å². The Bertz CT molecular complexity index is 390. The summed E-state index contributed by atoms with van der Waals surface area (Å²) in [6, 6.07) is 2.28. The van der Waals surface area contributed by atoms with Gasteiger partial charge in [0.2, 0.25) is 0 Å². The summed E-state index contributed by atoms with van der Waals surface area (Å²) in [5.74, 6) is -1.61. The Morgan fingerprint density at radius 3 is 2.64 bits per heavy atom. The smallest absolute Gasteiger partial charge is 0.253 e. The summed E-state index contributed by atoms with van der Waals surface area (Å²) in [7, 11) is 1.30. The minimum Gasteiger partial charge on any atom is -0.496 e. The number of nitrogens with two attached hydrogens (primary N) is 1. The molecule has 0 bridgehead atoms. The Labute approximate surface area is 79.5 Å². The van der Waals surface area contributed by atoms with E-state index in [1.807, 2.05) is 0 Å². The second kappa shape index (κ2) is 3.87. The molecule has 0 radical (unpaired) electrons. The van der Waals surface area contributed by atoms with E-state index in [1.54, 1.807) is 0 Å². The Morgan fingerprint density at radius 1 is 1.57 bits per heavy atom. The van der Waals surface area contributed by atoms with E-state index < -0.39 is 11.7 Å². The number of ether oxygens (including phenoxy) is 1. The van der Waals surface area contributed by atoms with E-state index in [4.69, 9.17) is 10.5 Å². The van der Waals surface area contributed by atoms with Crippen molar-refractivity contribution in [3.8, 4) is 5.75 Å². The summed E-state index contributed by atoms with van der Waals surface area (Å²) >= 11 is 0. The summed E-state index contributed by atoms with van der Waals surface area (Å²) < 4.78 is 17.8. The molecule has 0 aliphatic carbocycles. The van der Waals surface area contributed by atoms with E-state index in [9.17, 15) is 14.0 Å². The van der Waals surface area contributed by atoms with Gasteiger partial charge in [-0.15, -0.1) is 0 Å². The Morgan fingerprint density at radius 2 is 2.21 bits per heavy atom. The molecule has 0 saturated heterocycles. The van der Waals surface area contributed by atoms with Crippen molar-refractivity contribution in [3.63, 3.8) is 0 Å². The van der Waals surface area contributed by atoms with E-state index in [1.165, 1.54) is 13.2 Å². The summed E-state index contributed by atoms with van der Waals surface area (Å²) in [4.78, 5) is 21.4. The van der Waals surface area contributed by atoms with Crippen LogP contribution in [0.3, 0.4) is 0 Å². The molecule has 0 atom stereocenters. The van der Waals surface area contributed by atoms with Gasteiger partial charge < -0.3 is 10.5 Å². The van der Waals surface area contributed by atoms with Crippen LogP contribution in [0.2, 0.25) is 0 Å². The van der Waals surface area contributed by atoms with Gasteiger partial charge in [-0.25, -0.2) is 4.39 Å². The van der Waals surface area contributed by atoms with Crippen molar-refractivity contribution >= 4 is 12.2 Å². The maximum atomic E-state index is 13.0. The van der Waals surface area contributed by atoms with Crippen LogP contribution in [0.15, 0.2) is 12.1 Å². The minimum absolute atomic E-state index is 0.0843. The molecule has 1 aromatic carbocycles. The molecule has 74 valence electrons. The number of rotatable bonds is 3. The van der Waals surface area contributed by atoms with E-state index in [2.05, 4.69) is 0 Å². The van der Waals surface area contributed by atoms with Crippen molar-refractivity contribution in [2.75, 3.05) is 7.11 Å². The molecule has 1 amide bonds. The van der Waals surface area contributed by atoms with Crippen molar-refractivity contribution in [3.05, 3.63) is 29.1 Å². The number of hydrogen-bond donors (Lipinski definition) is 1. The number of carbonyl (C=O) groups is 2. The SMILES string of the molecule is COc1ccc(F)c(C=O)c1C(N)=O. The third-order valence-electron chi connectivity index (χ3n) is 1.74. The van der Waals surface area contributed by atoms with Crippen LogP contribution in [0.25, 0.3) is 0 Å². The minimum atomic E-state index is -0.900. The summed E-state index contributed by atoms with van der Waals surface area (Å²) in [6.07, 6.45) is 0.234. The molecular weight excluding hydrogens is 189 g/mol. The number of carbonyl (C=O) groups excluding carboxylic acids is 2. The van der Waals surface area contributed by atoms with Gasteiger partial charge >= 0.3 is 0 Å². The predicted octanol–water partition coefficient (Wildman–Crippen LogP) is 0.746. The highest BCUT2D eigenvalue weighted by atomic mass is 19.1. The lowest BCUT2D eigenvalue weighted by Gasteiger charge is -2.07. The van der Waals surface area contributed by atoms with Crippen LogP contribution in [0.1, 0.15) is 20.7 Å². The number of aldehydes is 1. The van der Waals surface area contributed by atoms with Crippen LogP contribution < -0.4 is 10.5 Å². The molecule has 2 N–H and O–H groups in total. The fourth-order valence-electron chi connectivity index (χ4n) is 1.11. The van der Waals surface area contributed by atoms with Gasteiger partial charge in [-0.2, -0.15) is 0 Å². The zero-order valence-electron chi connectivity index (χ0n) is 7.41. The largest absolute Gasteiger partial charge is 0.496 e. The summed E-state index contributed by atoms with van der Waals surface area (Å²) in [6.45, 7) is 0. The third-order valence-corrected chi connectivity index (χ3v) is 1.74. The molecule has 0 aromatic heterocycles. The van der Waals surface area contributed by atoms with Crippen LogP contribution in [0, 0.1) is 5.82 Å².